The van der Waals surface area contributed by atoms with Crippen LogP contribution in [-0.4, -0.2) is 91.4 Å². The van der Waals surface area contributed by atoms with Crippen LogP contribution in [0.3, 0.4) is 0 Å². The first kappa shape index (κ1) is 36.2. The fraction of sp³-hybridized carbons (Fsp3) is 0.548. The number of nitrogens with zero attached hydrogens (tertiary/aromatic N) is 2. The summed E-state index contributed by atoms with van der Waals surface area (Å²) >= 11 is 0. The lowest BCUT2D eigenvalue weighted by Crippen LogP contribution is -2.35. The summed E-state index contributed by atoms with van der Waals surface area (Å²) in [7, 11) is -1.89. The Morgan fingerprint density at radius 3 is 2.45 bits per heavy atom. The number of H-pyrrole nitrogens is 1. The summed E-state index contributed by atoms with van der Waals surface area (Å²) in [6.07, 6.45) is -0.806. The maximum Gasteiger partial charge on any atom is 0.419 e. The molecular formula is C31H42F3N6O6P. The Hall–Kier alpha value is -3.68. The molecule has 16 heteroatoms. The largest absolute Gasteiger partial charge is 0.465 e. The Balaban J connectivity index is 1.41. The fourth-order valence-electron chi connectivity index (χ4n) is 5.54. The number of benzene rings is 1. The van der Waals surface area contributed by atoms with E-state index in [9.17, 15) is 27.3 Å². The molecule has 0 radical (unpaired) electrons. The van der Waals surface area contributed by atoms with Gasteiger partial charge in [-0.05, 0) is 59.4 Å². The van der Waals surface area contributed by atoms with Gasteiger partial charge in [0.25, 0.3) is 0 Å². The van der Waals surface area contributed by atoms with Gasteiger partial charge in [0.05, 0.1) is 37.1 Å². The zero-order valence-electron chi connectivity index (χ0n) is 27.3. The van der Waals surface area contributed by atoms with Crippen LogP contribution in [0.2, 0.25) is 0 Å². The van der Waals surface area contributed by atoms with Gasteiger partial charge in [0, 0.05) is 53.8 Å². The lowest BCUT2D eigenvalue weighted by molar-refractivity contribution is -0.137. The molecular weight excluding hydrogens is 640 g/mol. The topological polar surface area (TPSA) is 157 Å². The second-order valence-corrected chi connectivity index (χ2v) is 15.9. The Morgan fingerprint density at radius 2 is 1.79 bits per heavy atom. The van der Waals surface area contributed by atoms with Crippen LogP contribution in [0.25, 0.3) is 22.2 Å². The average molecular weight is 683 g/mol. The summed E-state index contributed by atoms with van der Waals surface area (Å²) < 4.78 is 71.3. The van der Waals surface area contributed by atoms with Crippen LogP contribution in [0.5, 0.6) is 0 Å². The molecule has 0 aliphatic heterocycles. The number of hydrogen-bond donors (Lipinski definition) is 4. The minimum atomic E-state index is -4.74. The summed E-state index contributed by atoms with van der Waals surface area (Å²) in [6, 6.07) is 3.00. The van der Waals surface area contributed by atoms with E-state index in [1.807, 2.05) is 0 Å². The number of nitrogens with one attached hydrogen (secondary N) is 4. The zero-order valence-corrected chi connectivity index (χ0v) is 28.2. The van der Waals surface area contributed by atoms with Crippen LogP contribution in [0.4, 0.5) is 23.9 Å². The van der Waals surface area contributed by atoms with Gasteiger partial charge in [-0.25, -0.2) is 19.6 Å². The van der Waals surface area contributed by atoms with Crippen LogP contribution >= 0.6 is 7.14 Å². The van der Waals surface area contributed by atoms with E-state index in [1.165, 1.54) is 38.8 Å². The van der Waals surface area contributed by atoms with Crippen molar-refractivity contribution < 1.29 is 41.5 Å². The molecule has 2 atom stereocenters. The molecule has 3 aromatic rings. The Kier molecular flexibility index (Phi) is 11.2. The number of esters is 1. The van der Waals surface area contributed by atoms with E-state index in [1.54, 1.807) is 20.8 Å². The lowest BCUT2D eigenvalue weighted by atomic mass is 10.0. The van der Waals surface area contributed by atoms with Crippen LogP contribution in [-0.2, 0) is 25.0 Å². The number of carbonyl (C=O) groups is 2. The van der Waals surface area contributed by atoms with Gasteiger partial charge >= 0.3 is 18.2 Å². The standard InChI is InChI=1S/C31H42F3N6O6P/c1-30(2,3)46-29(42)36-12-14-45-13-11-35-18-7-8-19(15-18)39-28-38-17-23(31(32,33)34)24(40-28)22-16-37-25-20(22)9-10-21(27(41)44-4)26(25)47(5,6)43/h9-10,16-19,35,37H,7-8,11-15H2,1-6H3,(H,36,42)(H,38,39,40)/t18-,19-/m0/s1. The number of fused-ring (bicyclic) bond motifs is 1. The highest BCUT2D eigenvalue weighted by Crippen LogP contribution is 2.43. The number of anilines is 1. The molecule has 1 amide bonds. The molecule has 1 fully saturated rings. The van der Waals surface area contributed by atoms with E-state index in [4.69, 9.17) is 14.2 Å². The zero-order chi connectivity index (χ0) is 34.6. The molecule has 47 heavy (non-hydrogen) atoms. The molecule has 2 heterocycles. The molecule has 12 nitrogen and oxygen atoms in total. The van der Waals surface area contributed by atoms with Gasteiger partial charge in [0.15, 0.2) is 0 Å². The van der Waals surface area contributed by atoms with Crippen LogP contribution < -0.4 is 21.3 Å². The van der Waals surface area contributed by atoms with Gasteiger partial charge < -0.3 is 39.7 Å². The predicted octanol–water partition coefficient (Wildman–Crippen LogP) is 5.14. The van der Waals surface area contributed by atoms with E-state index >= 15 is 0 Å². The van der Waals surface area contributed by atoms with Crippen molar-refractivity contribution >= 4 is 41.4 Å². The highest BCUT2D eigenvalue weighted by Gasteiger charge is 2.37. The van der Waals surface area contributed by atoms with Crippen LogP contribution in [0, 0.1) is 0 Å². The third-order valence-electron chi connectivity index (χ3n) is 7.48. The highest BCUT2D eigenvalue weighted by atomic mass is 31.2. The number of aromatic nitrogens is 3. The summed E-state index contributed by atoms with van der Waals surface area (Å²) in [6.45, 7) is 10.0. The molecule has 1 saturated carbocycles. The molecule has 0 saturated heterocycles. The third-order valence-corrected chi connectivity index (χ3v) is 9.02. The number of alkyl halides is 3. The monoisotopic (exact) mass is 682 g/mol. The van der Waals surface area contributed by atoms with E-state index in [2.05, 4.69) is 30.9 Å². The summed E-state index contributed by atoms with van der Waals surface area (Å²) in [5.74, 6) is -0.646. The van der Waals surface area contributed by atoms with Crippen molar-refractivity contribution in [2.24, 2.45) is 0 Å². The molecule has 4 N–H and O–H groups in total. The normalized spacial score (nSPS) is 17.1. The SMILES string of the molecule is COC(=O)c1ccc2c(-c3nc(N[C@H]4CC[C@H](NCCOCCNC(=O)OC(C)(C)C)C4)ncc3C(F)(F)F)c[nH]c2c1P(C)(C)=O. The Labute approximate surface area is 271 Å². The smallest absolute Gasteiger partial charge is 0.419 e. The number of methoxy groups -OCH3 is 1. The summed E-state index contributed by atoms with van der Waals surface area (Å²) in [5, 5.41) is 9.76. The van der Waals surface area contributed by atoms with Crippen molar-refractivity contribution in [3.8, 4) is 11.3 Å². The van der Waals surface area contributed by atoms with E-state index in [0.717, 1.165) is 19.0 Å². The number of aromatic amines is 1. The Bertz CT molecular complexity index is 1630. The third kappa shape index (κ3) is 9.45. The van der Waals surface area contributed by atoms with Crippen molar-refractivity contribution in [1.29, 1.82) is 0 Å². The van der Waals surface area contributed by atoms with E-state index < -0.39 is 36.5 Å². The average Bonchev–Trinajstić information content (AvgIpc) is 3.60. The van der Waals surface area contributed by atoms with E-state index in [-0.39, 0.29) is 45.7 Å². The quantitative estimate of drug-likeness (QED) is 0.115. The molecule has 1 aromatic carbocycles. The first-order valence-corrected chi connectivity index (χ1v) is 17.8. The molecule has 1 aliphatic carbocycles. The molecule has 2 aromatic heterocycles. The lowest BCUT2D eigenvalue weighted by Gasteiger charge is -2.19. The van der Waals surface area contributed by atoms with Gasteiger partial charge in [-0.1, -0.05) is 6.07 Å². The van der Waals surface area contributed by atoms with Gasteiger partial charge in [-0.15, -0.1) is 0 Å². The van der Waals surface area contributed by atoms with Crippen molar-refractivity contribution in [3.05, 3.63) is 35.7 Å². The Morgan fingerprint density at radius 1 is 1.09 bits per heavy atom. The minimum Gasteiger partial charge on any atom is -0.465 e. The van der Waals surface area contributed by atoms with Gasteiger partial charge in [-0.2, -0.15) is 13.2 Å². The number of amides is 1. The second-order valence-electron chi connectivity index (χ2n) is 12.7. The van der Waals surface area contributed by atoms with Crippen LogP contribution in [0.1, 0.15) is 56.0 Å². The first-order chi connectivity index (χ1) is 22.0. The number of rotatable bonds is 12. The summed E-state index contributed by atoms with van der Waals surface area (Å²) in [4.78, 5) is 35.3. The predicted molar refractivity (Wildman–Crippen MR) is 173 cm³/mol. The van der Waals surface area contributed by atoms with Crippen LogP contribution in [0.15, 0.2) is 24.5 Å². The van der Waals surface area contributed by atoms with Crippen molar-refractivity contribution in [3.63, 3.8) is 0 Å². The van der Waals surface area contributed by atoms with Crippen molar-refractivity contribution in [2.75, 3.05) is 52.1 Å². The molecule has 0 unspecified atom stereocenters. The van der Waals surface area contributed by atoms with Crippen molar-refractivity contribution in [1.82, 2.24) is 25.6 Å². The molecule has 1 aliphatic rings. The number of alkyl carbamates (subject to hydrolysis) is 1. The fourth-order valence-corrected chi connectivity index (χ4v) is 7.00. The maximum atomic E-state index is 14.2. The molecule has 258 valence electrons. The minimum absolute atomic E-state index is 0.0527. The molecule has 0 bridgehead atoms. The number of carbonyl (C=O) groups excluding carboxylic acids is 2. The van der Waals surface area contributed by atoms with Gasteiger partial charge in [0.2, 0.25) is 5.95 Å². The number of ether oxygens (including phenoxy) is 3. The van der Waals surface area contributed by atoms with Gasteiger partial charge in [-0.3, -0.25) is 0 Å². The summed E-state index contributed by atoms with van der Waals surface area (Å²) in [5.41, 5.74) is -1.44. The maximum absolute atomic E-state index is 14.2. The molecule has 4 rings (SSSR count). The van der Waals surface area contributed by atoms with Crippen molar-refractivity contribution in [2.45, 2.75) is 63.9 Å². The second kappa shape index (κ2) is 14.6. The first-order valence-electron chi connectivity index (χ1n) is 15.2. The van der Waals surface area contributed by atoms with Gasteiger partial charge in [0.1, 0.15) is 18.3 Å². The number of halogens is 3. The molecule has 0 spiro atoms. The highest BCUT2D eigenvalue weighted by molar-refractivity contribution is 7.70. The number of hydrogen-bond acceptors (Lipinski definition) is 10. The van der Waals surface area contributed by atoms with E-state index in [0.29, 0.717) is 38.1 Å².